The number of hydrogen-bond acceptors (Lipinski definition) is 5. The number of sulfonamides is 1. The maximum absolute atomic E-state index is 11.4. The number of anilines is 2. The molecular weight excluding hydrogens is 264 g/mol. The van der Waals surface area contributed by atoms with E-state index < -0.39 is 10.0 Å². The summed E-state index contributed by atoms with van der Waals surface area (Å²) in [7, 11) is -3.28. The molecule has 0 atom stereocenters. The molecule has 0 aliphatic carbocycles. The summed E-state index contributed by atoms with van der Waals surface area (Å²) >= 11 is 0. The summed E-state index contributed by atoms with van der Waals surface area (Å²) in [6.45, 7) is 3.57. The van der Waals surface area contributed by atoms with E-state index in [0.717, 1.165) is 18.9 Å². The fraction of sp³-hybridized carbons (Fsp3) is 0.667. The second-order valence-corrected chi connectivity index (χ2v) is 6.69. The van der Waals surface area contributed by atoms with Crippen LogP contribution in [-0.4, -0.2) is 37.5 Å². The molecule has 1 N–H and O–H groups in total. The predicted octanol–water partition coefficient (Wildman–Crippen LogP) is 1.62. The molecule has 1 aliphatic rings. The average molecular weight is 284 g/mol. The van der Waals surface area contributed by atoms with E-state index in [2.05, 4.69) is 19.8 Å². The van der Waals surface area contributed by atoms with E-state index >= 15 is 0 Å². The lowest BCUT2D eigenvalue weighted by Crippen LogP contribution is -2.25. The zero-order chi connectivity index (χ0) is 13.7. The Kier molecular flexibility index (Phi) is 4.57. The average Bonchev–Trinajstić information content (AvgIpc) is 2.68. The Morgan fingerprint density at radius 2 is 1.84 bits per heavy atom. The lowest BCUT2D eigenvalue weighted by Gasteiger charge is -2.20. The van der Waals surface area contributed by atoms with Crippen molar-refractivity contribution in [1.82, 2.24) is 10.2 Å². The van der Waals surface area contributed by atoms with Gasteiger partial charge in [-0.25, -0.2) is 8.42 Å². The molecule has 0 bridgehead atoms. The van der Waals surface area contributed by atoms with Gasteiger partial charge in [0.15, 0.2) is 11.6 Å². The van der Waals surface area contributed by atoms with Gasteiger partial charge in [-0.1, -0.05) is 12.8 Å². The van der Waals surface area contributed by atoms with E-state index in [4.69, 9.17) is 0 Å². The minimum atomic E-state index is -3.28. The minimum Gasteiger partial charge on any atom is -0.355 e. The fourth-order valence-corrected chi connectivity index (χ4v) is 2.65. The van der Waals surface area contributed by atoms with Gasteiger partial charge in [0, 0.05) is 13.1 Å². The lowest BCUT2D eigenvalue weighted by molar-refractivity contribution is 0.602. The third-order valence-electron chi connectivity index (χ3n) is 3.22. The molecule has 1 saturated heterocycles. The molecule has 6 nitrogen and oxygen atoms in total. The first-order chi connectivity index (χ1) is 9.11. The summed E-state index contributed by atoms with van der Waals surface area (Å²) in [4.78, 5) is 2.21. The van der Waals surface area contributed by atoms with Crippen LogP contribution in [0.25, 0.3) is 0 Å². The van der Waals surface area contributed by atoms with Crippen molar-refractivity contribution < 1.29 is 8.42 Å². The number of nitrogens with zero attached hydrogens (tertiary/aromatic N) is 3. The zero-order valence-electron chi connectivity index (χ0n) is 11.2. The van der Waals surface area contributed by atoms with E-state index in [9.17, 15) is 8.42 Å². The molecule has 2 rings (SSSR count). The van der Waals surface area contributed by atoms with Crippen LogP contribution >= 0.6 is 0 Å². The van der Waals surface area contributed by atoms with Gasteiger partial charge < -0.3 is 4.90 Å². The topological polar surface area (TPSA) is 75.2 Å². The number of aromatic nitrogens is 2. The van der Waals surface area contributed by atoms with Crippen molar-refractivity contribution in [3.63, 3.8) is 0 Å². The molecule has 0 unspecified atom stereocenters. The maximum atomic E-state index is 11.4. The number of rotatable bonds is 4. The Hall–Kier alpha value is -1.37. The summed E-state index contributed by atoms with van der Waals surface area (Å²) in [6, 6.07) is 3.49. The van der Waals surface area contributed by atoms with Gasteiger partial charge in [0.05, 0.1) is 5.75 Å². The Balaban J connectivity index is 2.05. The van der Waals surface area contributed by atoms with Crippen molar-refractivity contribution in [2.45, 2.75) is 32.6 Å². The normalized spacial score (nSPS) is 17.0. The summed E-state index contributed by atoms with van der Waals surface area (Å²) in [5.41, 5.74) is 0. The fourth-order valence-electron chi connectivity index (χ4n) is 2.08. The largest absolute Gasteiger partial charge is 0.355 e. The Morgan fingerprint density at radius 1 is 1.16 bits per heavy atom. The first kappa shape index (κ1) is 14.0. The zero-order valence-corrected chi connectivity index (χ0v) is 12.0. The Labute approximate surface area is 114 Å². The maximum Gasteiger partial charge on any atom is 0.233 e. The van der Waals surface area contributed by atoms with Crippen LogP contribution in [0.5, 0.6) is 0 Å². The smallest absolute Gasteiger partial charge is 0.233 e. The second kappa shape index (κ2) is 6.18. The van der Waals surface area contributed by atoms with Gasteiger partial charge in [-0.2, -0.15) is 0 Å². The van der Waals surface area contributed by atoms with Crippen LogP contribution in [0.2, 0.25) is 0 Å². The molecule has 0 spiro atoms. The monoisotopic (exact) mass is 284 g/mol. The molecule has 0 aromatic carbocycles. The van der Waals surface area contributed by atoms with Gasteiger partial charge in [0.2, 0.25) is 10.0 Å². The molecule has 19 heavy (non-hydrogen) atoms. The van der Waals surface area contributed by atoms with Gasteiger partial charge in [0.1, 0.15) is 0 Å². The van der Waals surface area contributed by atoms with Gasteiger partial charge >= 0.3 is 0 Å². The third-order valence-corrected chi connectivity index (χ3v) is 4.50. The number of hydrogen-bond donors (Lipinski definition) is 1. The van der Waals surface area contributed by atoms with E-state index in [1.807, 2.05) is 6.07 Å². The van der Waals surface area contributed by atoms with Crippen LogP contribution in [0.3, 0.4) is 0 Å². The number of nitrogens with one attached hydrogen (secondary N) is 1. The van der Waals surface area contributed by atoms with E-state index in [1.54, 1.807) is 13.0 Å². The van der Waals surface area contributed by atoms with E-state index in [-0.39, 0.29) is 11.6 Å². The Bertz CT molecular complexity index is 493. The molecule has 0 saturated carbocycles. The molecule has 0 radical (unpaired) electrons. The highest BCUT2D eigenvalue weighted by Crippen LogP contribution is 2.17. The van der Waals surface area contributed by atoms with Crippen LogP contribution in [0.4, 0.5) is 11.6 Å². The van der Waals surface area contributed by atoms with Crippen molar-refractivity contribution in [3.8, 4) is 0 Å². The lowest BCUT2D eigenvalue weighted by atomic mass is 10.2. The van der Waals surface area contributed by atoms with Crippen LogP contribution < -0.4 is 9.62 Å². The second-order valence-electron chi connectivity index (χ2n) is 4.68. The third kappa shape index (κ3) is 4.05. The quantitative estimate of drug-likeness (QED) is 0.909. The minimum absolute atomic E-state index is 0.0303. The molecule has 106 valence electrons. The van der Waals surface area contributed by atoms with Gasteiger partial charge in [0.25, 0.3) is 0 Å². The molecule has 1 aromatic rings. The van der Waals surface area contributed by atoms with Gasteiger partial charge in [-0.15, -0.1) is 10.2 Å². The molecule has 7 heteroatoms. The van der Waals surface area contributed by atoms with Crippen LogP contribution in [0, 0.1) is 0 Å². The van der Waals surface area contributed by atoms with E-state index in [1.165, 1.54) is 25.7 Å². The predicted molar refractivity (Wildman–Crippen MR) is 75.8 cm³/mol. The first-order valence-corrected chi connectivity index (χ1v) is 8.35. The van der Waals surface area contributed by atoms with Crippen molar-refractivity contribution >= 4 is 21.7 Å². The highest BCUT2D eigenvalue weighted by Gasteiger charge is 2.12. The highest BCUT2D eigenvalue weighted by atomic mass is 32.2. The first-order valence-electron chi connectivity index (χ1n) is 6.70. The van der Waals surface area contributed by atoms with Crippen LogP contribution in [0.1, 0.15) is 32.6 Å². The van der Waals surface area contributed by atoms with Crippen molar-refractivity contribution in [2.75, 3.05) is 28.5 Å². The summed E-state index contributed by atoms with van der Waals surface area (Å²) in [6.07, 6.45) is 4.87. The molecule has 1 aromatic heterocycles. The van der Waals surface area contributed by atoms with Crippen molar-refractivity contribution in [1.29, 1.82) is 0 Å². The standard InChI is InChI=1S/C12H20N4O2S/c1-2-19(17,18)15-11-7-8-12(14-13-11)16-9-5-3-4-6-10-16/h7-8H,2-6,9-10H2,1H3,(H,13,15). The summed E-state index contributed by atoms with van der Waals surface area (Å²) in [5, 5.41) is 8.05. The van der Waals surface area contributed by atoms with Crippen molar-refractivity contribution in [2.24, 2.45) is 0 Å². The van der Waals surface area contributed by atoms with Crippen LogP contribution in [0.15, 0.2) is 12.1 Å². The molecule has 1 fully saturated rings. The van der Waals surface area contributed by atoms with Crippen molar-refractivity contribution in [3.05, 3.63) is 12.1 Å². The summed E-state index contributed by atoms with van der Waals surface area (Å²) < 4.78 is 25.2. The molecule has 0 amide bonds. The molecule has 2 heterocycles. The Morgan fingerprint density at radius 3 is 2.37 bits per heavy atom. The van der Waals surface area contributed by atoms with Gasteiger partial charge in [-0.3, -0.25) is 4.72 Å². The highest BCUT2D eigenvalue weighted by molar-refractivity contribution is 7.92. The molecule has 1 aliphatic heterocycles. The molecular formula is C12H20N4O2S. The SMILES string of the molecule is CCS(=O)(=O)Nc1ccc(N2CCCCCC2)nn1. The van der Waals surface area contributed by atoms with E-state index in [0.29, 0.717) is 0 Å². The van der Waals surface area contributed by atoms with Gasteiger partial charge in [-0.05, 0) is 31.9 Å². The summed E-state index contributed by atoms with van der Waals surface area (Å²) in [5.74, 6) is 1.13. The van der Waals surface area contributed by atoms with Crippen LogP contribution in [-0.2, 0) is 10.0 Å².